The minimum atomic E-state index is -0.925. The fraction of sp³-hybridized carbons (Fsp3) is 0.277. The van der Waals surface area contributed by atoms with Gasteiger partial charge in [-0.15, -0.1) is 0 Å². The minimum Gasteiger partial charge on any atom is -0.496 e. The Kier molecular flexibility index (Phi) is 12.7. The normalized spacial score (nSPS) is 16.8. The number of benzene rings is 4. The molecule has 63 heavy (non-hydrogen) atoms. The van der Waals surface area contributed by atoms with E-state index in [1.54, 1.807) is 47.4 Å². The first kappa shape index (κ1) is 42.1. The average molecular weight is 853 g/mol. The number of aromatic amines is 2. The van der Waals surface area contributed by atoms with Crippen LogP contribution in [0.2, 0.25) is 0 Å². The zero-order valence-corrected chi connectivity index (χ0v) is 35.1. The van der Waals surface area contributed by atoms with Crippen molar-refractivity contribution in [2.45, 2.75) is 49.9 Å². The van der Waals surface area contributed by atoms with Crippen LogP contribution in [0.25, 0.3) is 22.5 Å². The van der Waals surface area contributed by atoms with E-state index in [0.29, 0.717) is 70.9 Å². The highest BCUT2D eigenvalue weighted by molar-refractivity contribution is 5.88. The summed E-state index contributed by atoms with van der Waals surface area (Å²) in [6.07, 6.45) is 5.13. The smallest absolute Gasteiger partial charge is 0.407 e. The molecule has 8 rings (SSSR count). The van der Waals surface area contributed by atoms with Gasteiger partial charge in [0.25, 0.3) is 11.8 Å². The molecule has 6 aromatic rings. The maximum atomic E-state index is 14.0. The maximum Gasteiger partial charge on any atom is 0.407 e. The van der Waals surface area contributed by atoms with E-state index >= 15 is 0 Å². The fourth-order valence-corrected chi connectivity index (χ4v) is 8.27. The quantitative estimate of drug-likeness (QED) is 0.0892. The van der Waals surface area contributed by atoms with Crippen LogP contribution in [0.5, 0.6) is 17.2 Å². The Morgan fingerprint density at radius 3 is 1.81 bits per heavy atom. The number of nitrogens with zero attached hydrogens (tertiary/aromatic N) is 4. The summed E-state index contributed by atoms with van der Waals surface area (Å²) in [7, 11) is 4.13. The third-order valence-corrected chi connectivity index (χ3v) is 11.4. The molecule has 2 fully saturated rings. The minimum absolute atomic E-state index is 0.237. The predicted octanol–water partition coefficient (Wildman–Crippen LogP) is 7.79. The van der Waals surface area contributed by atoms with E-state index in [2.05, 4.69) is 20.6 Å². The number of likely N-dealkylation sites (tertiary alicyclic amines) is 2. The molecule has 4 atom stereocenters. The van der Waals surface area contributed by atoms with Crippen molar-refractivity contribution in [3.8, 4) is 39.8 Å². The van der Waals surface area contributed by atoms with Gasteiger partial charge >= 0.3 is 12.2 Å². The Hall–Kier alpha value is -7.62. The van der Waals surface area contributed by atoms with Gasteiger partial charge in [-0.25, -0.2) is 19.6 Å². The first-order valence-electron chi connectivity index (χ1n) is 20.7. The Morgan fingerprint density at radius 2 is 1.25 bits per heavy atom. The van der Waals surface area contributed by atoms with E-state index in [-0.39, 0.29) is 23.9 Å². The number of amides is 4. The second-order valence-electron chi connectivity index (χ2n) is 15.2. The van der Waals surface area contributed by atoms with Crippen LogP contribution in [0.15, 0.2) is 116 Å². The summed E-state index contributed by atoms with van der Waals surface area (Å²) in [5.41, 5.74) is 4.27. The molecule has 4 amide bonds. The molecule has 0 spiro atoms. The van der Waals surface area contributed by atoms with Crippen LogP contribution >= 0.6 is 0 Å². The van der Waals surface area contributed by atoms with Crippen molar-refractivity contribution in [3.05, 3.63) is 138 Å². The fourth-order valence-electron chi connectivity index (χ4n) is 8.27. The number of hydrogen-bond donors (Lipinski definition) is 4. The highest BCUT2D eigenvalue weighted by Crippen LogP contribution is 2.39. The molecule has 2 aromatic heterocycles. The zero-order chi connectivity index (χ0) is 43.9. The van der Waals surface area contributed by atoms with Gasteiger partial charge in [-0.2, -0.15) is 0 Å². The monoisotopic (exact) mass is 852 g/mol. The van der Waals surface area contributed by atoms with E-state index in [0.717, 1.165) is 30.4 Å². The van der Waals surface area contributed by atoms with Gasteiger partial charge in [0.05, 0.1) is 51.0 Å². The van der Waals surface area contributed by atoms with Gasteiger partial charge in [0.2, 0.25) is 0 Å². The molecule has 0 saturated carbocycles. The number of H-pyrrole nitrogens is 2. The molecule has 2 aliphatic heterocycles. The van der Waals surface area contributed by atoms with Crippen LogP contribution in [0.1, 0.15) is 72.6 Å². The van der Waals surface area contributed by atoms with Crippen LogP contribution in [-0.4, -0.2) is 88.2 Å². The van der Waals surface area contributed by atoms with Gasteiger partial charge in [-0.1, -0.05) is 60.7 Å². The largest absolute Gasteiger partial charge is 0.496 e. The van der Waals surface area contributed by atoms with Gasteiger partial charge < -0.3 is 49.3 Å². The SMILES string of the molecule is COC(=O)NC(C(=O)N1CCC[C@H]1c1nc(-c2ccc(Oc3ccc(OC)c(-c4cnc([C@@H]5CCCN5C(=O)C(NC(=O)OC)c5ccccc5)[nH]4)c3)cc2)c[nH]1)c1ccccc1. The van der Waals surface area contributed by atoms with Gasteiger partial charge in [0, 0.05) is 30.4 Å². The molecule has 4 N–H and O–H groups in total. The van der Waals surface area contributed by atoms with E-state index in [9.17, 15) is 19.2 Å². The summed E-state index contributed by atoms with van der Waals surface area (Å²) in [4.78, 5) is 72.3. The summed E-state index contributed by atoms with van der Waals surface area (Å²) in [6.45, 7) is 1.03. The standard InChI is InChI=1S/C47H48N8O8/c1-60-39-23-22-33(26-34(39)36-28-49-43(51-36)38-17-11-25-55(38)45(57)41(53-47(59)62-3)31-14-8-5-9-15-31)63-32-20-18-29(19-21-32)35-27-48-42(50-35)37-16-10-24-54(37)44(56)40(52-46(58)61-2)30-12-6-4-7-13-30/h4-9,12-15,18-23,26-28,37-38,40-41H,10-11,16-17,24-25H2,1-3H3,(H,48,50)(H,49,51)(H,52,58)(H,53,59)/t37-,38-,40?,41?/m0/s1. The first-order chi connectivity index (χ1) is 30.7. The number of alkyl carbamates (subject to hydrolysis) is 2. The number of ether oxygens (including phenoxy) is 4. The molecule has 0 aliphatic carbocycles. The summed E-state index contributed by atoms with van der Waals surface area (Å²) in [5.74, 6) is 2.55. The Bertz CT molecular complexity index is 2550. The first-order valence-corrected chi connectivity index (χ1v) is 20.7. The van der Waals surface area contributed by atoms with Crippen molar-refractivity contribution in [1.29, 1.82) is 0 Å². The highest BCUT2D eigenvalue weighted by Gasteiger charge is 2.38. The molecular formula is C47H48N8O8. The Morgan fingerprint density at radius 1 is 0.698 bits per heavy atom. The number of aromatic nitrogens is 4. The van der Waals surface area contributed by atoms with E-state index in [1.807, 2.05) is 85.1 Å². The van der Waals surface area contributed by atoms with Crippen LogP contribution in [0.3, 0.4) is 0 Å². The number of imidazole rings is 2. The summed E-state index contributed by atoms with van der Waals surface area (Å²) in [6, 6.07) is 28.8. The lowest BCUT2D eigenvalue weighted by molar-refractivity contribution is -0.135. The van der Waals surface area contributed by atoms with Crippen LogP contribution in [0.4, 0.5) is 9.59 Å². The van der Waals surface area contributed by atoms with Gasteiger partial charge in [0.1, 0.15) is 41.0 Å². The maximum absolute atomic E-state index is 14.0. The van der Waals surface area contributed by atoms with Crippen molar-refractivity contribution in [1.82, 2.24) is 40.4 Å². The molecule has 4 heterocycles. The lowest BCUT2D eigenvalue weighted by Gasteiger charge is -2.28. The second-order valence-corrected chi connectivity index (χ2v) is 15.2. The second kappa shape index (κ2) is 19.0. The predicted molar refractivity (Wildman–Crippen MR) is 231 cm³/mol. The van der Waals surface area contributed by atoms with Crippen LogP contribution in [0, 0.1) is 0 Å². The zero-order valence-electron chi connectivity index (χ0n) is 35.1. The molecule has 324 valence electrons. The number of carbonyl (C=O) groups excluding carboxylic acids is 4. The number of hydrogen-bond acceptors (Lipinski definition) is 10. The molecule has 2 saturated heterocycles. The van der Waals surface area contributed by atoms with Crippen LogP contribution < -0.4 is 20.1 Å². The number of methoxy groups -OCH3 is 3. The molecule has 2 unspecified atom stereocenters. The van der Waals surface area contributed by atoms with E-state index in [4.69, 9.17) is 28.9 Å². The lowest BCUT2D eigenvalue weighted by Crippen LogP contribution is -2.42. The Balaban J connectivity index is 0.952. The number of rotatable bonds is 13. The van der Waals surface area contributed by atoms with E-state index < -0.39 is 24.3 Å². The molecular weight excluding hydrogens is 805 g/mol. The molecule has 0 bridgehead atoms. The summed E-state index contributed by atoms with van der Waals surface area (Å²) >= 11 is 0. The van der Waals surface area contributed by atoms with Gasteiger partial charge in [0.15, 0.2) is 0 Å². The van der Waals surface area contributed by atoms with Crippen molar-refractivity contribution >= 4 is 24.0 Å². The van der Waals surface area contributed by atoms with Crippen molar-refractivity contribution in [2.75, 3.05) is 34.4 Å². The molecule has 2 aliphatic rings. The summed E-state index contributed by atoms with van der Waals surface area (Å²) in [5, 5.41) is 5.40. The van der Waals surface area contributed by atoms with Gasteiger partial charge in [-0.3, -0.25) is 9.59 Å². The third-order valence-electron chi connectivity index (χ3n) is 11.4. The molecule has 16 heteroatoms. The number of nitrogens with one attached hydrogen (secondary N) is 4. The van der Waals surface area contributed by atoms with Gasteiger partial charge in [-0.05, 0) is 79.3 Å². The molecule has 0 radical (unpaired) electrons. The highest BCUT2D eigenvalue weighted by atomic mass is 16.5. The molecule has 4 aromatic carbocycles. The van der Waals surface area contributed by atoms with Crippen molar-refractivity contribution in [2.24, 2.45) is 0 Å². The Labute approximate surface area is 363 Å². The average Bonchev–Trinajstić information content (AvgIpc) is 4.18. The summed E-state index contributed by atoms with van der Waals surface area (Å²) < 4.78 is 21.7. The van der Waals surface area contributed by atoms with Crippen LogP contribution in [-0.2, 0) is 19.1 Å². The van der Waals surface area contributed by atoms with Crippen molar-refractivity contribution < 1.29 is 38.1 Å². The topological polar surface area (TPSA) is 193 Å². The third kappa shape index (κ3) is 9.20. The van der Waals surface area contributed by atoms with E-state index in [1.165, 1.54) is 14.2 Å². The lowest BCUT2D eigenvalue weighted by atomic mass is 10.1. The molecule has 16 nitrogen and oxygen atoms in total. The number of carbonyl (C=O) groups is 4. The van der Waals surface area contributed by atoms with Crippen molar-refractivity contribution in [3.63, 3.8) is 0 Å².